The molecule has 0 amide bonds. The van der Waals surface area contributed by atoms with Gasteiger partial charge in [0.2, 0.25) is 0 Å². The van der Waals surface area contributed by atoms with Crippen LogP contribution in [0.4, 0.5) is 0 Å². The van der Waals surface area contributed by atoms with Crippen LogP contribution in [-0.4, -0.2) is 9.55 Å². The fourth-order valence-electron chi connectivity index (χ4n) is 4.19. The van der Waals surface area contributed by atoms with E-state index in [1.807, 2.05) is 41.0 Å². The molecule has 4 aromatic rings. The molecule has 2 aromatic carbocycles. The van der Waals surface area contributed by atoms with Gasteiger partial charge in [-0.25, -0.2) is 4.98 Å². The number of nitrogens with zero attached hydrogens (tertiary/aromatic N) is 2. The molecule has 0 fully saturated rings. The zero-order chi connectivity index (χ0) is 22.1. The van der Waals surface area contributed by atoms with Gasteiger partial charge in [0.25, 0.3) is 5.56 Å². The van der Waals surface area contributed by atoms with E-state index in [9.17, 15) is 4.79 Å². The minimum Gasteiger partial charge on any atom is -0.283 e. The molecule has 0 radical (unpaired) electrons. The number of hydrogen-bond acceptors (Lipinski definition) is 4. The number of aromatic nitrogens is 2. The Hall–Kier alpha value is -1.79. The quantitative estimate of drug-likeness (QED) is 0.163. The third kappa shape index (κ3) is 4.49. The second-order valence-corrected chi connectivity index (χ2v) is 10.9. The van der Waals surface area contributed by atoms with E-state index in [0.29, 0.717) is 22.3 Å². The van der Waals surface area contributed by atoms with Crippen LogP contribution in [0.1, 0.15) is 40.8 Å². The largest absolute Gasteiger partial charge is 0.283 e. The summed E-state index contributed by atoms with van der Waals surface area (Å²) in [4.78, 5) is 21.0. The Balaban J connectivity index is 1.58. The molecule has 1 aliphatic rings. The van der Waals surface area contributed by atoms with Crippen molar-refractivity contribution in [3.05, 3.63) is 90.5 Å². The van der Waals surface area contributed by atoms with Gasteiger partial charge < -0.3 is 0 Å². The molecular formula is C25H22Cl2N2OS2. The highest BCUT2D eigenvalue weighted by atomic mass is 35.5. The summed E-state index contributed by atoms with van der Waals surface area (Å²) < 4.78 is 1.84. The van der Waals surface area contributed by atoms with Gasteiger partial charge in [-0.05, 0) is 54.5 Å². The maximum absolute atomic E-state index is 13.8. The summed E-state index contributed by atoms with van der Waals surface area (Å²) in [6.45, 7) is 0.511. The lowest BCUT2D eigenvalue weighted by Gasteiger charge is -2.13. The zero-order valence-electron chi connectivity index (χ0n) is 17.4. The summed E-state index contributed by atoms with van der Waals surface area (Å²) in [6.07, 6.45) is 5.60. The molecule has 0 bridgehead atoms. The van der Waals surface area contributed by atoms with Crippen LogP contribution in [0, 0.1) is 0 Å². The summed E-state index contributed by atoms with van der Waals surface area (Å²) in [7, 11) is 0. The van der Waals surface area contributed by atoms with Gasteiger partial charge in [0, 0.05) is 10.6 Å². The third-order valence-electron chi connectivity index (χ3n) is 5.83. The molecule has 0 unspecified atom stereocenters. The average Bonchev–Trinajstić information content (AvgIpc) is 2.98. The van der Waals surface area contributed by atoms with Crippen molar-refractivity contribution in [3.8, 4) is 0 Å². The van der Waals surface area contributed by atoms with E-state index in [2.05, 4.69) is 12.1 Å². The second kappa shape index (κ2) is 9.60. The summed E-state index contributed by atoms with van der Waals surface area (Å²) in [5.74, 6) is 0.661. The molecule has 5 rings (SSSR count). The standard InChI is InChI=1S/C25H22Cl2N2OS2/c26-19-12-11-17(13-20(19)27)15-31-25-28-23-22(18-9-5-2-6-10-21(18)32-23)24(30)29(25)14-16-7-3-1-4-8-16/h1,3-4,7-8,11-13H,2,5-6,9-10,14-15H2. The van der Waals surface area contributed by atoms with Crippen molar-refractivity contribution in [2.75, 3.05) is 0 Å². The van der Waals surface area contributed by atoms with E-state index in [1.165, 1.54) is 23.3 Å². The van der Waals surface area contributed by atoms with Gasteiger partial charge in [-0.3, -0.25) is 9.36 Å². The van der Waals surface area contributed by atoms with Gasteiger partial charge in [0.15, 0.2) is 5.16 Å². The number of benzene rings is 2. The van der Waals surface area contributed by atoms with Crippen molar-refractivity contribution in [3.63, 3.8) is 0 Å². The smallest absolute Gasteiger partial charge is 0.263 e. The van der Waals surface area contributed by atoms with Gasteiger partial charge >= 0.3 is 0 Å². The molecule has 0 saturated heterocycles. The number of fused-ring (bicyclic) bond motifs is 3. The Morgan fingerprint density at radius 3 is 2.59 bits per heavy atom. The van der Waals surface area contributed by atoms with Gasteiger partial charge in [0.1, 0.15) is 4.83 Å². The molecule has 0 N–H and O–H groups in total. The van der Waals surface area contributed by atoms with Crippen molar-refractivity contribution < 1.29 is 0 Å². The SMILES string of the molecule is O=c1c2c3c(sc2nc(SCc2ccc(Cl)c(Cl)c2)n1Cc1ccccc1)CCCCC3. The van der Waals surface area contributed by atoms with Crippen LogP contribution >= 0.6 is 46.3 Å². The van der Waals surface area contributed by atoms with Crippen molar-refractivity contribution in [1.82, 2.24) is 9.55 Å². The van der Waals surface area contributed by atoms with Crippen LogP contribution in [0.25, 0.3) is 10.2 Å². The van der Waals surface area contributed by atoms with Crippen molar-refractivity contribution in [2.45, 2.75) is 49.6 Å². The fraction of sp³-hybridized carbons (Fsp3) is 0.280. The minimum atomic E-state index is 0.0786. The Morgan fingerprint density at radius 1 is 0.969 bits per heavy atom. The molecular weight excluding hydrogens is 479 g/mol. The molecule has 1 aliphatic carbocycles. The van der Waals surface area contributed by atoms with Crippen LogP contribution in [0.2, 0.25) is 10.0 Å². The topological polar surface area (TPSA) is 34.9 Å². The first-order valence-corrected chi connectivity index (χ1v) is 13.3. The van der Waals surface area contributed by atoms with E-state index in [0.717, 1.165) is 45.8 Å². The monoisotopic (exact) mass is 500 g/mol. The lowest BCUT2D eigenvalue weighted by molar-refractivity contribution is 0.658. The summed E-state index contributed by atoms with van der Waals surface area (Å²) in [5.41, 5.74) is 3.46. The molecule has 0 atom stereocenters. The van der Waals surface area contributed by atoms with E-state index >= 15 is 0 Å². The fourth-order valence-corrected chi connectivity index (χ4v) is 6.75. The molecule has 0 saturated carbocycles. The number of thiophene rings is 1. The highest BCUT2D eigenvalue weighted by Gasteiger charge is 2.21. The molecule has 0 spiro atoms. The van der Waals surface area contributed by atoms with Crippen LogP contribution in [0.5, 0.6) is 0 Å². The molecule has 164 valence electrons. The highest BCUT2D eigenvalue weighted by molar-refractivity contribution is 7.98. The van der Waals surface area contributed by atoms with E-state index in [4.69, 9.17) is 28.2 Å². The van der Waals surface area contributed by atoms with E-state index in [-0.39, 0.29) is 5.56 Å². The predicted molar refractivity (Wildman–Crippen MR) is 137 cm³/mol. The number of thioether (sulfide) groups is 1. The molecule has 7 heteroatoms. The Labute approximate surface area is 205 Å². The van der Waals surface area contributed by atoms with Gasteiger partial charge in [-0.15, -0.1) is 11.3 Å². The van der Waals surface area contributed by atoms with E-state index < -0.39 is 0 Å². The second-order valence-electron chi connectivity index (χ2n) is 8.05. The van der Waals surface area contributed by atoms with Crippen LogP contribution in [0.3, 0.4) is 0 Å². The van der Waals surface area contributed by atoms with Crippen molar-refractivity contribution in [1.29, 1.82) is 0 Å². The average molecular weight is 502 g/mol. The molecule has 32 heavy (non-hydrogen) atoms. The first-order valence-electron chi connectivity index (χ1n) is 10.8. The van der Waals surface area contributed by atoms with Crippen molar-refractivity contribution >= 4 is 56.5 Å². The highest BCUT2D eigenvalue weighted by Crippen LogP contribution is 2.35. The molecule has 2 aromatic heterocycles. The Kier molecular flexibility index (Phi) is 6.61. The maximum Gasteiger partial charge on any atom is 0.263 e. The number of halogens is 2. The molecule has 2 heterocycles. The lowest BCUT2D eigenvalue weighted by atomic mass is 10.1. The van der Waals surface area contributed by atoms with Gasteiger partial charge in [-0.1, -0.05) is 77.8 Å². The first kappa shape index (κ1) is 22.0. The summed E-state index contributed by atoms with van der Waals surface area (Å²) in [6, 6.07) is 15.8. The Bertz CT molecular complexity index is 1330. The van der Waals surface area contributed by atoms with Gasteiger partial charge in [0.05, 0.1) is 22.0 Å². The molecule has 0 aliphatic heterocycles. The van der Waals surface area contributed by atoms with Crippen LogP contribution in [-0.2, 0) is 25.1 Å². The van der Waals surface area contributed by atoms with E-state index in [1.54, 1.807) is 23.1 Å². The van der Waals surface area contributed by atoms with Gasteiger partial charge in [-0.2, -0.15) is 0 Å². The summed E-state index contributed by atoms with van der Waals surface area (Å²) in [5, 5.41) is 2.66. The number of rotatable bonds is 5. The number of hydrogen-bond donors (Lipinski definition) is 0. The van der Waals surface area contributed by atoms with Crippen LogP contribution < -0.4 is 5.56 Å². The zero-order valence-corrected chi connectivity index (χ0v) is 20.6. The number of aryl methyl sites for hydroxylation is 2. The first-order chi connectivity index (χ1) is 15.6. The predicted octanol–water partition coefficient (Wildman–Crippen LogP) is 7.37. The minimum absolute atomic E-state index is 0.0786. The third-order valence-corrected chi connectivity index (χ3v) is 8.80. The lowest BCUT2D eigenvalue weighted by Crippen LogP contribution is -2.24. The summed E-state index contributed by atoms with van der Waals surface area (Å²) >= 11 is 15.5. The van der Waals surface area contributed by atoms with Crippen molar-refractivity contribution in [2.24, 2.45) is 0 Å². The van der Waals surface area contributed by atoms with Crippen LogP contribution in [0.15, 0.2) is 58.5 Å². The Morgan fingerprint density at radius 2 is 1.78 bits per heavy atom. The maximum atomic E-state index is 13.8. The normalized spacial score (nSPS) is 13.8. The molecule has 3 nitrogen and oxygen atoms in total.